The molecule has 3 rings (SSSR count). The molecule has 1 aromatic carbocycles. The van der Waals surface area contributed by atoms with Gasteiger partial charge in [-0.15, -0.1) is 11.3 Å². The summed E-state index contributed by atoms with van der Waals surface area (Å²) in [7, 11) is 0. The Morgan fingerprint density at radius 3 is 2.10 bits per heavy atom. The van der Waals surface area contributed by atoms with Crippen LogP contribution in [0, 0.1) is 0 Å². The third kappa shape index (κ3) is 5.53. The van der Waals surface area contributed by atoms with E-state index in [1.54, 1.807) is 0 Å². The first kappa shape index (κ1) is 24.2. The van der Waals surface area contributed by atoms with Crippen molar-refractivity contribution >= 4 is 11.3 Å². The van der Waals surface area contributed by atoms with Crippen molar-refractivity contribution in [1.29, 1.82) is 0 Å². The average molecular weight is 504 g/mol. The van der Waals surface area contributed by atoms with Crippen molar-refractivity contribution in [2.75, 3.05) is 13.2 Å². The standard InChI is InChI=1S/C19H20F6NOS.BrH/c20-18(21,22)14-7-13(8-15(9-14)19(23,24)25)10-26(5-1-3-16(26)12-27)11-17-4-2-6-28-17;/h2,4,6-9,16,27H,1,3,5,10-12H2;1H/q+1;/p-1/t16-,26?;/m0./s1. The van der Waals surface area contributed by atoms with Crippen molar-refractivity contribution in [2.45, 2.75) is 44.3 Å². The van der Waals surface area contributed by atoms with Crippen LogP contribution in [-0.4, -0.2) is 28.8 Å². The van der Waals surface area contributed by atoms with E-state index in [4.69, 9.17) is 0 Å². The number of hydrogen-bond acceptors (Lipinski definition) is 2. The maximum absolute atomic E-state index is 13.2. The van der Waals surface area contributed by atoms with Gasteiger partial charge in [0.15, 0.2) is 0 Å². The second-order valence-corrected chi connectivity index (χ2v) is 8.26. The quantitative estimate of drug-likeness (QED) is 0.491. The Hall–Kier alpha value is -1.10. The number of quaternary nitrogens is 1. The van der Waals surface area contributed by atoms with Gasteiger partial charge in [-0.25, -0.2) is 0 Å². The van der Waals surface area contributed by atoms with Crippen molar-refractivity contribution in [2.24, 2.45) is 0 Å². The summed E-state index contributed by atoms with van der Waals surface area (Å²) in [5, 5.41) is 11.7. The molecule has 0 spiro atoms. The molecular weight excluding hydrogens is 484 g/mol. The predicted molar refractivity (Wildman–Crippen MR) is 93.4 cm³/mol. The van der Waals surface area contributed by atoms with Gasteiger partial charge >= 0.3 is 12.4 Å². The fraction of sp³-hybridized carbons (Fsp3) is 0.474. The van der Waals surface area contributed by atoms with E-state index in [2.05, 4.69) is 0 Å². The van der Waals surface area contributed by atoms with E-state index in [-0.39, 0.29) is 52.3 Å². The molecule has 1 fully saturated rings. The molecule has 2 atom stereocenters. The molecule has 0 radical (unpaired) electrons. The summed E-state index contributed by atoms with van der Waals surface area (Å²) in [6, 6.07) is 5.29. The van der Waals surface area contributed by atoms with Crippen molar-refractivity contribution in [1.82, 2.24) is 0 Å². The summed E-state index contributed by atoms with van der Waals surface area (Å²) in [4.78, 5) is 0.989. The normalized spacial score (nSPS) is 22.5. The Morgan fingerprint density at radius 2 is 1.62 bits per heavy atom. The Labute approximate surface area is 179 Å². The highest BCUT2D eigenvalue weighted by Crippen LogP contribution is 2.39. The monoisotopic (exact) mass is 503 g/mol. The predicted octanol–water partition coefficient (Wildman–Crippen LogP) is 2.46. The lowest BCUT2D eigenvalue weighted by Gasteiger charge is -2.39. The topological polar surface area (TPSA) is 20.2 Å². The van der Waals surface area contributed by atoms with Crippen molar-refractivity contribution in [3.8, 4) is 0 Å². The molecule has 1 aliphatic rings. The van der Waals surface area contributed by atoms with E-state index in [9.17, 15) is 31.4 Å². The largest absolute Gasteiger partial charge is 1.00 e. The fourth-order valence-corrected chi connectivity index (χ4v) is 4.84. The van der Waals surface area contributed by atoms with E-state index in [0.29, 0.717) is 19.5 Å². The highest BCUT2D eigenvalue weighted by Gasteiger charge is 2.43. The van der Waals surface area contributed by atoms with E-state index < -0.39 is 23.5 Å². The molecule has 1 saturated heterocycles. The first-order valence-corrected chi connectivity index (χ1v) is 9.69. The summed E-state index contributed by atoms with van der Waals surface area (Å²) in [6.07, 6.45) is -8.28. The molecule has 1 unspecified atom stereocenters. The SMILES string of the molecule is OC[C@@H]1CCC[N+]1(Cc1cc(C(F)(F)F)cc(C(F)(F)F)c1)Cc1cccs1.[Br-]. The zero-order valence-corrected chi connectivity index (χ0v) is 17.6. The van der Waals surface area contributed by atoms with Crippen LogP contribution in [0.3, 0.4) is 0 Å². The number of benzene rings is 1. The van der Waals surface area contributed by atoms with E-state index >= 15 is 0 Å². The zero-order chi connectivity index (χ0) is 20.6. The Kier molecular flexibility index (Phi) is 7.46. The van der Waals surface area contributed by atoms with Crippen molar-refractivity contribution in [3.63, 3.8) is 0 Å². The Balaban J connectivity index is 0.00000300. The number of halogens is 7. The third-order valence-electron chi connectivity index (χ3n) is 5.32. The maximum atomic E-state index is 13.2. The summed E-state index contributed by atoms with van der Waals surface area (Å²) < 4.78 is 79.4. The van der Waals surface area contributed by atoms with Crippen LogP contribution in [0.4, 0.5) is 26.3 Å². The number of nitrogens with zero attached hydrogens (tertiary/aromatic N) is 1. The molecule has 1 aliphatic heterocycles. The number of hydrogen-bond donors (Lipinski definition) is 1. The molecule has 0 bridgehead atoms. The van der Waals surface area contributed by atoms with Crippen LogP contribution in [-0.2, 0) is 25.4 Å². The lowest BCUT2D eigenvalue weighted by atomic mass is 10.0. The van der Waals surface area contributed by atoms with Gasteiger partial charge in [0.05, 0.1) is 29.2 Å². The molecule has 1 aromatic heterocycles. The minimum atomic E-state index is -4.87. The second-order valence-electron chi connectivity index (χ2n) is 7.23. The smallest absolute Gasteiger partial charge is 0.416 e. The summed E-state index contributed by atoms with van der Waals surface area (Å²) in [5.74, 6) is 0. The summed E-state index contributed by atoms with van der Waals surface area (Å²) >= 11 is 1.49. The van der Waals surface area contributed by atoms with Gasteiger partial charge in [-0.2, -0.15) is 26.3 Å². The molecular formula is C19H20BrF6NOS. The van der Waals surface area contributed by atoms with E-state index in [1.165, 1.54) is 11.3 Å². The number of alkyl halides is 6. The molecule has 0 aliphatic carbocycles. The summed E-state index contributed by atoms with van der Waals surface area (Å²) in [6.45, 7) is 0.924. The Bertz CT molecular complexity index is 776. The van der Waals surface area contributed by atoms with Gasteiger partial charge in [-0.1, -0.05) is 6.07 Å². The van der Waals surface area contributed by atoms with Gasteiger partial charge in [0.2, 0.25) is 0 Å². The number of rotatable bonds is 5. The molecule has 2 heterocycles. The highest BCUT2D eigenvalue weighted by molar-refractivity contribution is 7.09. The maximum Gasteiger partial charge on any atom is 0.416 e. The first-order chi connectivity index (χ1) is 13.0. The van der Waals surface area contributed by atoms with Gasteiger partial charge in [0.1, 0.15) is 19.1 Å². The number of aliphatic hydroxyl groups is 1. The number of aliphatic hydroxyl groups excluding tert-OH is 1. The lowest BCUT2D eigenvalue weighted by molar-refractivity contribution is -0.964. The van der Waals surface area contributed by atoms with Gasteiger partial charge in [0, 0.05) is 18.4 Å². The van der Waals surface area contributed by atoms with Crippen LogP contribution in [0.5, 0.6) is 0 Å². The van der Waals surface area contributed by atoms with Crippen LogP contribution >= 0.6 is 11.3 Å². The molecule has 2 nitrogen and oxygen atoms in total. The van der Waals surface area contributed by atoms with E-state index in [0.717, 1.165) is 23.4 Å². The lowest BCUT2D eigenvalue weighted by Crippen LogP contribution is -3.00. The third-order valence-corrected chi connectivity index (χ3v) is 6.18. The van der Waals surface area contributed by atoms with Crippen molar-refractivity contribution < 1.29 is 52.9 Å². The van der Waals surface area contributed by atoms with Crippen LogP contribution < -0.4 is 17.0 Å². The van der Waals surface area contributed by atoms with Gasteiger partial charge in [-0.05, 0) is 29.6 Å². The molecule has 0 saturated carbocycles. The minimum absolute atomic E-state index is 0. The number of thiophene rings is 1. The van der Waals surface area contributed by atoms with Crippen LogP contribution in [0.15, 0.2) is 35.7 Å². The number of likely N-dealkylation sites (tertiary alicyclic amines) is 1. The van der Waals surface area contributed by atoms with Gasteiger partial charge < -0.3 is 26.6 Å². The average Bonchev–Trinajstić information content (AvgIpc) is 3.23. The van der Waals surface area contributed by atoms with Crippen LogP contribution in [0.1, 0.15) is 34.4 Å². The molecule has 2 aromatic rings. The highest BCUT2D eigenvalue weighted by atomic mass is 79.9. The molecule has 29 heavy (non-hydrogen) atoms. The Morgan fingerprint density at radius 1 is 1.00 bits per heavy atom. The second kappa shape index (κ2) is 8.95. The van der Waals surface area contributed by atoms with Crippen LogP contribution in [0.2, 0.25) is 0 Å². The molecule has 10 heteroatoms. The van der Waals surface area contributed by atoms with E-state index in [1.807, 2.05) is 17.5 Å². The van der Waals surface area contributed by atoms with Gasteiger partial charge in [0.25, 0.3) is 0 Å². The van der Waals surface area contributed by atoms with Crippen LogP contribution in [0.25, 0.3) is 0 Å². The molecule has 162 valence electrons. The minimum Gasteiger partial charge on any atom is -1.00 e. The zero-order valence-electron chi connectivity index (χ0n) is 15.2. The first-order valence-electron chi connectivity index (χ1n) is 8.81. The van der Waals surface area contributed by atoms with Gasteiger partial charge in [-0.3, -0.25) is 0 Å². The molecule has 0 amide bonds. The molecule has 1 N–H and O–H groups in total. The fourth-order valence-electron chi connectivity index (χ4n) is 4.02. The summed E-state index contributed by atoms with van der Waals surface area (Å²) in [5.41, 5.74) is -2.61. The van der Waals surface area contributed by atoms with Crippen molar-refractivity contribution in [3.05, 3.63) is 57.3 Å².